The van der Waals surface area contributed by atoms with Gasteiger partial charge in [0.25, 0.3) is 0 Å². The fourth-order valence-electron chi connectivity index (χ4n) is 1.35. The SMILES string of the molecule is CC(C)CCNCC(C)OCCOC(C)(C)C. The average molecular weight is 245 g/mol. The molecule has 1 N–H and O–H groups in total. The molecule has 0 bridgehead atoms. The van der Waals surface area contributed by atoms with Gasteiger partial charge < -0.3 is 14.8 Å². The highest BCUT2D eigenvalue weighted by atomic mass is 16.5. The summed E-state index contributed by atoms with van der Waals surface area (Å²) in [7, 11) is 0. The number of hydrogen-bond donors (Lipinski definition) is 1. The zero-order chi connectivity index (χ0) is 13.3. The summed E-state index contributed by atoms with van der Waals surface area (Å²) in [6, 6.07) is 0. The Bertz CT molecular complexity index is 176. The highest BCUT2D eigenvalue weighted by Gasteiger charge is 2.09. The van der Waals surface area contributed by atoms with Gasteiger partial charge in [0.1, 0.15) is 0 Å². The van der Waals surface area contributed by atoms with E-state index in [-0.39, 0.29) is 11.7 Å². The molecule has 17 heavy (non-hydrogen) atoms. The highest BCUT2D eigenvalue weighted by Crippen LogP contribution is 2.05. The van der Waals surface area contributed by atoms with E-state index in [0.717, 1.165) is 19.0 Å². The molecule has 0 spiro atoms. The normalized spacial score (nSPS) is 14.3. The fourth-order valence-corrected chi connectivity index (χ4v) is 1.35. The van der Waals surface area contributed by atoms with Gasteiger partial charge in [-0.25, -0.2) is 0 Å². The predicted octanol–water partition coefficient (Wildman–Crippen LogP) is 2.84. The van der Waals surface area contributed by atoms with Crippen molar-refractivity contribution in [3.05, 3.63) is 0 Å². The molecule has 0 amide bonds. The summed E-state index contributed by atoms with van der Waals surface area (Å²) in [5, 5.41) is 3.41. The molecule has 0 fully saturated rings. The zero-order valence-corrected chi connectivity index (χ0v) is 12.5. The van der Waals surface area contributed by atoms with Gasteiger partial charge in [0, 0.05) is 6.54 Å². The molecule has 1 unspecified atom stereocenters. The Morgan fingerprint density at radius 1 is 1.06 bits per heavy atom. The molecule has 3 heteroatoms. The Morgan fingerprint density at radius 3 is 2.24 bits per heavy atom. The molecule has 104 valence electrons. The Kier molecular flexibility index (Phi) is 8.83. The molecule has 0 radical (unpaired) electrons. The monoisotopic (exact) mass is 245 g/mol. The van der Waals surface area contributed by atoms with E-state index in [4.69, 9.17) is 9.47 Å². The molecule has 0 aliphatic carbocycles. The Hall–Kier alpha value is -0.120. The fraction of sp³-hybridized carbons (Fsp3) is 1.00. The van der Waals surface area contributed by atoms with Crippen LogP contribution in [0.4, 0.5) is 0 Å². The minimum absolute atomic E-state index is 0.0673. The van der Waals surface area contributed by atoms with Gasteiger partial charge >= 0.3 is 0 Å². The maximum atomic E-state index is 5.66. The molecular weight excluding hydrogens is 214 g/mol. The van der Waals surface area contributed by atoms with Crippen LogP contribution in [-0.2, 0) is 9.47 Å². The molecule has 0 saturated heterocycles. The van der Waals surface area contributed by atoms with Gasteiger partial charge in [0.15, 0.2) is 0 Å². The van der Waals surface area contributed by atoms with Gasteiger partial charge in [-0.15, -0.1) is 0 Å². The van der Waals surface area contributed by atoms with E-state index in [0.29, 0.717) is 13.2 Å². The first-order valence-electron chi connectivity index (χ1n) is 6.77. The lowest BCUT2D eigenvalue weighted by Gasteiger charge is -2.20. The third-order valence-electron chi connectivity index (χ3n) is 2.35. The first-order chi connectivity index (χ1) is 7.81. The maximum Gasteiger partial charge on any atom is 0.0707 e. The lowest BCUT2D eigenvalue weighted by Crippen LogP contribution is -2.30. The predicted molar refractivity (Wildman–Crippen MR) is 73.4 cm³/mol. The zero-order valence-electron chi connectivity index (χ0n) is 12.5. The molecule has 0 aromatic rings. The molecule has 1 atom stereocenters. The van der Waals surface area contributed by atoms with Crippen molar-refractivity contribution in [3.63, 3.8) is 0 Å². The Labute approximate surface area is 107 Å². The van der Waals surface area contributed by atoms with Crippen molar-refractivity contribution >= 4 is 0 Å². The number of rotatable bonds is 9. The van der Waals surface area contributed by atoms with Crippen LogP contribution in [0.15, 0.2) is 0 Å². The molecule has 0 aromatic carbocycles. The van der Waals surface area contributed by atoms with Gasteiger partial charge in [-0.05, 0) is 46.6 Å². The molecule has 0 aliphatic rings. The number of nitrogens with one attached hydrogen (secondary N) is 1. The van der Waals surface area contributed by atoms with E-state index in [1.807, 2.05) is 0 Å². The molecule has 0 saturated carbocycles. The Morgan fingerprint density at radius 2 is 1.71 bits per heavy atom. The first-order valence-corrected chi connectivity index (χ1v) is 6.77. The van der Waals surface area contributed by atoms with Crippen LogP contribution in [0.25, 0.3) is 0 Å². The van der Waals surface area contributed by atoms with Gasteiger partial charge in [-0.2, -0.15) is 0 Å². The van der Waals surface area contributed by atoms with Crippen molar-refractivity contribution in [1.29, 1.82) is 0 Å². The van der Waals surface area contributed by atoms with Crippen molar-refractivity contribution in [2.24, 2.45) is 5.92 Å². The van der Waals surface area contributed by atoms with Gasteiger partial charge in [0.05, 0.1) is 24.9 Å². The molecule has 3 nitrogen and oxygen atoms in total. The van der Waals surface area contributed by atoms with Crippen LogP contribution >= 0.6 is 0 Å². The highest BCUT2D eigenvalue weighted by molar-refractivity contribution is 4.59. The van der Waals surface area contributed by atoms with Crippen LogP contribution < -0.4 is 5.32 Å². The molecular formula is C14H31NO2. The average Bonchev–Trinajstić information content (AvgIpc) is 2.18. The summed E-state index contributed by atoms with van der Waals surface area (Å²) in [4.78, 5) is 0. The third-order valence-corrected chi connectivity index (χ3v) is 2.35. The smallest absolute Gasteiger partial charge is 0.0707 e. The topological polar surface area (TPSA) is 30.5 Å². The van der Waals surface area contributed by atoms with E-state index in [1.165, 1.54) is 6.42 Å². The number of hydrogen-bond acceptors (Lipinski definition) is 3. The first kappa shape index (κ1) is 16.9. The second-order valence-electron chi connectivity index (χ2n) is 6.03. The summed E-state index contributed by atoms with van der Waals surface area (Å²) < 4.78 is 11.2. The van der Waals surface area contributed by atoms with Crippen LogP contribution in [0.2, 0.25) is 0 Å². The van der Waals surface area contributed by atoms with E-state index >= 15 is 0 Å². The Balaban J connectivity index is 3.32. The van der Waals surface area contributed by atoms with Crippen molar-refractivity contribution in [2.45, 2.75) is 59.7 Å². The lowest BCUT2D eigenvalue weighted by molar-refractivity contribution is -0.0479. The largest absolute Gasteiger partial charge is 0.375 e. The third kappa shape index (κ3) is 13.8. The summed E-state index contributed by atoms with van der Waals surface area (Å²) in [6.45, 7) is 16.1. The second kappa shape index (κ2) is 8.90. The minimum atomic E-state index is -0.0673. The molecule has 0 rings (SSSR count). The maximum absolute atomic E-state index is 5.66. The van der Waals surface area contributed by atoms with E-state index in [2.05, 4.69) is 46.9 Å². The number of ether oxygens (including phenoxy) is 2. The van der Waals surface area contributed by atoms with E-state index in [9.17, 15) is 0 Å². The van der Waals surface area contributed by atoms with Crippen molar-refractivity contribution < 1.29 is 9.47 Å². The van der Waals surface area contributed by atoms with Crippen LogP contribution in [-0.4, -0.2) is 38.0 Å². The van der Waals surface area contributed by atoms with Crippen LogP contribution in [0.5, 0.6) is 0 Å². The molecule has 0 heterocycles. The lowest BCUT2D eigenvalue weighted by atomic mass is 10.1. The quantitative estimate of drug-likeness (QED) is 0.634. The van der Waals surface area contributed by atoms with Gasteiger partial charge in [0.2, 0.25) is 0 Å². The van der Waals surface area contributed by atoms with Gasteiger partial charge in [-0.3, -0.25) is 0 Å². The van der Waals surface area contributed by atoms with Crippen LogP contribution in [0.3, 0.4) is 0 Å². The van der Waals surface area contributed by atoms with Crippen molar-refractivity contribution in [2.75, 3.05) is 26.3 Å². The summed E-state index contributed by atoms with van der Waals surface area (Å²) in [5.74, 6) is 0.763. The van der Waals surface area contributed by atoms with Crippen LogP contribution in [0.1, 0.15) is 48.0 Å². The molecule has 0 aliphatic heterocycles. The molecule has 0 aromatic heterocycles. The van der Waals surface area contributed by atoms with Crippen molar-refractivity contribution in [1.82, 2.24) is 5.32 Å². The second-order valence-corrected chi connectivity index (χ2v) is 6.03. The minimum Gasteiger partial charge on any atom is -0.375 e. The summed E-state index contributed by atoms with van der Waals surface area (Å²) in [5.41, 5.74) is -0.0673. The summed E-state index contributed by atoms with van der Waals surface area (Å²) >= 11 is 0. The summed E-state index contributed by atoms with van der Waals surface area (Å²) in [6.07, 6.45) is 1.48. The van der Waals surface area contributed by atoms with E-state index in [1.54, 1.807) is 0 Å². The van der Waals surface area contributed by atoms with Gasteiger partial charge in [-0.1, -0.05) is 13.8 Å². The standard InChI is InChI=1S/C14H31NO2/c1-12(2)7-8-15-11-13(3)16-9-10-17-14(4,5)6/h12-13,15H,7-11H2,1-6H3. The van der Waals surface area contributed by atoms with E-state index < -0.39 is 0 Å². The van der Waals surface area contributed by atoms with Crippen LogP contribution in [0, 0.1) is 5.92 Å². The van der Waals surface area contributed by atoms with Crippen molar-refractivity contribution in [3.8, 4) is 0 Å².